The van der Waals surface area contributed by atoms with Gasteiger partial charge in [-0.2, -0.15) is 0 Å². The molecule has 1 aliphatic rings. The maximum atomic E-state index is 2.29. The van der Waals surface area contributed by atoms with Crippen LogP contribution in [0.5, 0.6) is 0 Å². The molecule has 2 unspecified atom stereocenters. The van der Waals surface area contributed by atoms with E-state index in [1.165, 1.54) is 12.8 Å². The van der Waals surface area contributed by atoms with Crippen LogP contribution in [-0.4, -0.2) is 10.5 Å². The molecule has 1 aliphatic heterocycles. The second kappa shape index (κ2) is 5.12. The predicted octanol–water partition coefficient (Wildman–Crippen LogP) is 4.24. The highest BCUT2D eigenvalue weighted by Crippen LogP contribution is 2.56. The third-order valence-electron chi connectivity index (χ3n) is 1.57. The minimum Gasteiger partial charge on any atom is -0.0771 e. The van der Waals surface area contributed by atoms with Gasteiger partial charge in [0, 0.05) is 10.5 Å². The Bertz CT molecular complexity index is 83.7. The van der Waals surface area contributed by atoms with E-state index < -0.39 is 0 Å². The average Bonchev–Trinajstić information content (AvgIpc) is 2.04. The lowest BCUT2D eigenvalue weighted by atomic mass is 10.2. The van der Waals surface area contributed by atoms with Crippen LogP contribution < -0.4 is 0 Å². The summed E-state index contributed by atoms with van der Waals surface area (Å²) in [6.45, 7) is 4.58. The Labute approximate surface area is 78.3 Å². The first-order valence-electron chi connectivity index (χ1n) is 3.54. The Morgan fingerprint density at radius 3 is 1.60 bits per heavy atom. The van der Waals surface area contributed by atoms with Crippen molar-refractivity contribution in [3.05, 3.63) is 0 Å². The van der Waals surface area contributed by atoms with Gasteiger partial charge in [-0.15, -0.1) is 0 Å². The Hall–Kier alpha value is 1.40. The van der Waals surface area contributed by atoms with Gasteiger partial charge in [0.25, 0.3) is 0 Å². The second-order valence-electron chi connectivity index (χ2n) is 2.22. The molecule has 0 aromatic carbocycles. The van der Waals surface area contributed by atoms with E-state index in [1.807, 2.05) is 19.7 Å². The lowest BCUT2D eigenvalue weighted by Gasteiger charge is -2.26. The topological polar surface area (TPSA) is 0 Å². The molecule has 1 saturated heterocycles. The van der Waals surface area contributed by atoms with Gasteiger partial charge in [0.05, 0.1) is 0 Å². The summed E-state index contributed by atoms with van der Waals surface area (Å²) in [6.07, 6.45) is 2.65. The molecule has 4 heteroatoms. The molecule has 0 bridgehead atoms. The van der Waals surface area contributed by atoms with Crippen LogP contribution in [-0.2, 0) is 0 Å². The molecule has 0 aromatic heterocycles. The van der Waals surface area contributed by atoms with Gasteiger partial charge in [-0.1, -0.05) is 35.4 Å². The van der Waals surface area contributed by atoms with Crippen LogP contribution in [0.1, 0.15) is 26.7 Å². The van der Waals surface area contributed by atoms with Crippen LogP contribution in [0.3, 0.4) is 0 Å². The Kier molecular flexibility index (Phi) is 4.86. The van der Waals surface area contributed by atoms with Crippen LogP contribution in [0.4, 0.5) is 0 Å². The van der Waals surface area contributed by atoms with Gasteiger partial charge in [-0.3, -0.25) is 0 Å². The molecule has 0 N–H and O–H groups in total. The maximum absolute atomic E-state index is 2.29. The van der Waals surface area contributed by atoms with E-state index in [9.17, 15) is 0 Å². The largest absolute Gasteiger partial charge is 0.0771 e. The molecular formula is C6H12S4. The summed E-state index contributed by atoms with van der Waals surface area (Å²) in [5.41, 5.74) is 0. The first-order valence-corrected chi connectivity index (χ1v) is 8.48. The summed E-state index contributed by atoms with van der Waals surface area (Å²) in [4.78, 5) is 0. The third kappa shape index (κ3) is 2.47. The molecule has 60 valence electrons. The zero-order valence-electron chi connectivity index (χ0n) is 6.20. The minimum absolute atomic E-state index is 0.890. The van der Waals surface area contributed by atoms with Gasteiger partial charge in [0.2, 0.25) is 0 Å². The van der Waals surface area contributed by atoms with E-state index in [2.05, 4.69) is 35.4 Å². The van der Waals surface area contributed by atoms with Crippen molar-refractivity contribution in [1.82, 2.24) is 0 Å². The van der Waals surface area contributed by atoms with E-state index in [-0.39, 0.29) is 0 Å². The molecular weight excluding hydrogens is 200 g/mol. The molecule has 0 aliphatic carbocycles. The molecule has 1 rings (SSSR count). The van der Waals surface area contributed by atoms with E-state index in [0.717, 1.165) is 10.5 Å². The van der Waals surface area contributed by atoms with Crippen molar-refractivity contribution in [2.24, 2.45) is 0 Å². The van der Waals surface area contributed by atoms with Crippen LogP contribution in [0.25, 0.3) is 0 Å². The minimum atomic E-state index is 0.890. The Morgan fingerprint density at radius 1 is 0.900 bits per heavy atom. The molecule has 0 aromatic rings. The fourth-order valence-corrected chi connectivity index (χ4v) is 9.39. The number of hydrogen-bond acceptors (Lipinski definition) is 4. The zero-order valence-corrected chi connectivity index (χ0v) is 9.47. The highest BCUT2D eigenvalue weighted by Gasteiger charge is 2.24. The molecule has 0 spiro atoms. The summed E-state index contributed by atoms with van der Waals surface area (Å²) in [5.74, 6) is 0. The lowest BCUT2D eigenvalue weighted by Crippen LogP contribution is -2.17. The predicted molar refractivity (Wildman–Crippen MR) is 58.5 cm³/mol. The monoisotopic (exact) mass is 212 g/mol. The standard InChI is InChI=1S/C6H12S4/c1-3-5-6(4-2)8-10-9-7-5/h5-6H,3-4H2,1-2H3. The molecule has 0 nitrogen and oxygen atoms in total. The van der Waals surface area contributed by atoms with Gasteiger partial charge < -0.3 is 0 Å². The van der Waals surface area contributed by atoms with Gasteiger partial charge in [0.1, 0.15) is 0 Å². The molecule has 2 atom stereocenters. The third-order valence-corrected chi connectivity index (χ3v) is 9.31. The Morgan fingerprint density at radius 2 is 1.30 bits per heavy atom. The van der Waals surface area contributed by atoms with Crippen LogP contribution in [0.15, 0.2) is 0 Å². The first kappa shape index (κ1) is 9.49. The van der Waals surface area contributed by atoms with Crippen molar-refractivity contribution < 1.29 is 0 Å². The smallest absolute Gasteiger partial charge is 0.0284 e. The van der Waals surface area contributed by atoms with E-state index in [0.29, 0.717) is 0 Å². The highest BCUT2D eigenvalue weighted by molar-refractivity contribution is 9.27. The fourth-order valence-electron chi connectivity index (χ4n) is 0.919. The molecule has 1 heterocycles. The average molecular weight is 212 g/mol. The molecule has 0 radical (unpaired) electrons. The van der Waals surface area contributed by atoms with Crippen LogP contribution >= 0.6 is 41.2 Å². The Balaban J connectivity index is 2.34. The van der Waals surface area contributed by atoms with E-state index >= 15 is 0 Å². The molecule has 0 amide bonds. The van der Waals surface area contributed by atoms with Gasteiger partial charge >= 0.3 is 0 Å². The van der Waals surface area contributed by atoms with Gasteiger partial charge in [-0.25, -0.2) is 0 Å². The summed E-state index contributed by atoms with van der Waals surface area (Å²) < 4.78 is 0. The van der Waals surface area contributed by atoms with Crippen molar-refractivity contribution >= 4 is 41.2 Å². The van der Waals surface area contributed by atoms with Gasteiger partial charge in [-0.05, 0) is 32.5 Å². The molecule has 10 heavy (non-hydrogen) atoms. The lowest BCUT2D eigenvalue weighted by molar-refractivity contribution is 0.744. The molecule has 1 fully saturated rings. The highest BCUT2D eigenvalue weighted by atomic mass is 33.7. The van der Waals surface area contributed by atoms with Crippen molar-refractivity contribution in [1.29, 1.82) is 0 Å². The number of rotatable bonds is 2. The maximum Gasteiger partial charge on any atom is 0.0284 e. The summed E-state index contributed by atoms with van der Waals surface area (Å²) in [6, 6.07) is 0. The van der Waals surface area contributed by atoms with Crippen molar-refractivity contribution in [2.75, 3.05) is 0 Å². The van der Waals surface area contributed by atoms with E-state index in [1.54, 1.807) is 0 Å². The van der Waals surface area contributed by atoms with Crippen molar-refractivity contribution in [3.8, 4) is 0 Å². The number of hydrogen-bond donors (Lipinski definition) is 0. The van der Waals surface area contributed by atoms with Crippen molar-refractivity contribution in [2.45, 2.75) is 37.2 Å². The van der Waals surface area contributed by atoms with Gasteiger partial charge in [0.15, 0.2) is 0 Å². The van der Waals surface area contributed by atoms with Crippen molar-refractivity contribution in [3.63, 3.8) is 0 Å². The normalized spacial score (nSPS) is 34.2. The summed E-state index contributed by atoms with van der Waals surface area (Å²) >= 11 is 0. The SMILES string of the molecule is CCC1SSSSC1CC. The fraction of sp³-hybridized carbons (Fsp3) is 1.00. The van der Waals surface area contributed by atoms with E-state index in [4.69, 9.17) is 0 Å². The quantitative estimate of drug-likeness (QED) is 0.628. The second-order valence-corrected chi connectivity index (χ2v) is 8.51. The zero-order chi connectivity index (χ0) is 7.40. The molecule has 0 saturated carbocycles. The van der Waals surface area contributed by atoms with Crippen LogP contribution in [0.2, 0.25) is 0 Å². The summed E-state index contributed by atoms with van der Waals surface area (Å²) in [5, 5.41) is 1.78. The first-order chi connectivity index (χ1) is 4.88. The van der Waals surface area contributed by atoms with Crippen LogP contribution in [0, 0.1) is 0 Å². The summed E-state index contributed by atoms with van der Waals surface area (Å²) in [7, 11) is 8.00.